The van der Waals surface area contributed by atoms with Gasteiger partial charge in [0.2, 0.25) is 0 Å². The number of halogens is 1. The molecule has 0 radical (unpaired) electrons. The minimum atomic E-state index is -0.513. The highest BCUT2D eigenvalue weighted by Gasteiger charge is 2.47. The molecule has 3 saturated heterocycles. The van der Waals surface area contributed by atoms with Crippen molar-refractivity contribution in [3.05, 3.63) is 48.4 Å². The molecular formula is C26H33FN4O3. The number of carbonyl (C=O) groups excluding carboxylic acids is 1. The second-order valence-corrected chi connectivity index (χ2v) is 9.56. The molecule has 1 aromatic heterocycles. The Kier molecular flexibility index (Phi) is 6.85. The summed E-state index contributed by atoms with van der Waals surface area (Å²) in [4.78, 5) is 22.9. The third kappa shape index (κ3) is 5.27. The molecule has 0 atom stereocenters. The zero-order valence-electron chi connectivity index (χ0n) is 19.6. The highest BCUT2D eigenvalue weighted by atomic mass is 19.1. The molecule has 1 amide bonds. The highest BCUT2D eigenvalue weighted by molar-refractivity contribution is 5.89. The van der Waals surface area contributed by atoms with E-state index in [2.05, 4.69) is 26.9 Å². The quantitative estimate of drug-likeness (QED) is 0.559. The van der Waals surface area contributed by atoms with Crippen LogP contribution < -0.4 is 14.5 Å². The number of pyridine rings is 1. The number of amides is 1. The van der Waals surface area contributed by atoms with Crippen molar-refractivity contribution in [2.24, 2.45) is 0 Å². The summed E-state index contributed by atoms with van der Waals surface area (Å²) < 4.78 is 24.9. The predicted molar refractivity (Wildman–Crippen MR) is 129 cm³/mol. The van der Waals surface area contributed by atoms with Crippen molar-refractivity contribution in [2.75, 3.05) is 55.7 Å². The summed E-state index contributed by atoms with van der Waals surface area (Å²) in [5, 5.41) is 0. The second kappa shape index (κ2) is 10.2. The molecule has 0 bridgehead atoms. The molecule has 2 aromatic rings. The average Bonchev–Trinajstić information content (AvgIpc) is 3.19. The molecule has 3 aliphatic rings. The summed E-state index contributed by atoms with van der Waals surface area (Å²) in [6.45, 7) is 6.36. The van der Waals surface area contributed by atoms with Crippen LogP contribution in [0.15, 0.2) is 42.6 Å². The van der Waals surface area contributed by atoms with Crippen molar-refractivity contribution in [1.82, 2.24) is 9.88 Å². The third-order valence-corrected chi connectivity index (χ3v) is 7.17. The molecule has 0 unspecified atom stereocenters. The van der Waals surface area contributed by atoms with Crippen LogP contribution in [0.1, 0.15) is 38.5 Å². The Bertz CT molecular complexity index is 955. The summed E-state index contributed by atoms with van der Waals surface area (Å²) in [5.41, 5.74) is 0.637. The molecule has 1 spiro atoms. The van der Waals surface area contributed by atoms with Gasteiger partial charge in [-0.3, -0.25) is 4.90 Å². The van der Waals surface area contributed by atoms with E-state index in [1.165, 1.54) is 49.4 Å². The topological polar surface area (TPSA) is 58.1 Å². The largest absolute Gasteiger partial charge is 0.494 e. The number of ether oxygens (including phenoxy) is 2. The number of piperidine rings is 2. The number of aromatic nitrogens is 1. The van der Waals surface area contributed by atoms with Crippen LogP contribution in [0.4, 0.5) is 20.7 Å². The van der Waals surface area contributed by atoms with Gasteiger partial charge in [0.05, 0.1) is 19.3 Å². The normalized spacial score (nSPS) is 20.6. The van der Waals surface area contributed by atoms with Gasteiger partial charge in [-0.2, -0.15) is 0 Å². The van der Waals surface area contributed by atoms with Crippen molar-refractivity contribution < 1.29 is 18.7 Å². The van der Waals surface area contributed by atoms with Crippen LogP contribution in [0, 0.1) is 5.82 Å². The van der Waals surface area contributed by atoms with Gasteiger partial charge < -0.3 is 19.3 Å². The fourth-order valence-electron chi connectivity index (χ4n) is 5.17. The molecule has 8 heteroatoms. The zero-order valence-corrected chi connectivity index (χ0v) is 19.6. The first-order chi connectivity index (χ1) is 16.6. The van der Waals surface area contributed by atoms with Gasteiger partial charge >= 0.3 is 6.09 Å². The molecule has 0 saturated carbocycles. The van der Waals surface area contributed by atoms with Gasteiger partial charge in [-0.15, -0.1) is 0 Å². The molecule has 7 nitrogen and oxygen atoms in total. The fourth-order valence-corrected chi connectivity index (χ4v) is 5.17. The lowest BCUT2D eigenvalue weighted by Gasteiger charge is -2.38. The van der Waals surface area contributed by atoms with E-state index in [0.29, 0.717) is 12.4 Å². The Morgan fingerprint density at radius 3 is 2.47 bits per heavy atom. The van der Waals surface area contributed by atoms with E-state index >= 15 is 0 Å². The summed E-state index contributed by atoms with van der Waals surface area (Å²) >= 11 is 0. The van der Waals surface area contributed by atoms with E-state index in [-0.39, 0.29) is 0 Å². The van der Waals surface area contributed by atoms with E-state index in [9.17, 15) is 9.18 Å². The lowest BCUT2D eigenvalue weighted by molar-refractivity contribution is 0.0367. The molecular weight excluding hydrogens is 435 g/mol. The summed E-state index contributed by atoms with van der Waals surface area (Å²) in [7, 11) is 0. The number of carbonyl (C=O) groups is 1. The Labute approximate surface area is 200 Å². The van der Waals surface area contributed by atoms with Crippen LogP contribution in [0.3, 0.4) is 0 Å². The van der Waals surface area contributed by atoms with Crippen molar-refractivity contribution >= 4 is 17.6 Å². The SMILES string of the molecule is O=C1OC2(CCN(c3ccc(OCCCN4CCCCC4)cc3)CC2)CN1c1ccc(F)cn1. The second-order valence-electron chi connectivity index (χ2n) is 9.56. The first-order valence-corrected chi connectivity index (χ1v) is 12.4. The average molecular weight is 469 g/mol. The first kappa shape index (κ1) is 22.9. The molecule has 1 aromatic carbocycles. The van der Waals surface area contributed by atoms with Gasteiger partial charge in [-0.25, -0.2) is 14.2 Å². The summed E-state index contributed by atoms with van der Waals surface area (Å²) in [5.74, 6) is 0.911. The highest BCUT2D eigenvalue weighted by Crippen LogP contribution is 2.36. The van der Waals surface area contributed by atoms with E-state index in [4.69, 9.17) is 9.47 Å². The first-order valence-electron chi connectivity index (χ1n) is 12.4. The summed E-state index contributed by atoms with van der Waals surface area (Å²) in [6, 6.07) is 11.1. The lowest BCUT2D eigenvalue weighted by atomic mass is 9.91. The zero-order chi connectivity index (χ0) is 23.4. The minimum Gasteiger partial charge on any atom is -0.494 e. The standard InChI is InChI=1S/C26H33FN4O3/c27-21-5-10-24(28-19-21)31-20-26(34-25(31)32)11-16-30(17-12-26)22-6-8-23(9-7-22)33-18-4-15-29-13-2-1-3-14-29/h5-10,19H,1-4,11-18,20H2. The lowest BCUT2D eigenvalue weighted by Crippen LogP contribution is -2.47. The maximum atomic E-state index is 13.2. The van der Waals surface area contributed by atoms with E-state index < -0.39 is 17.5 Å². The van der Waals surface area contributed by atoms with Crippen LogP contribution in [0.5, 0.6) is 5.75 Å². The van der Waals surface area contributed by atoms with E-state index in [1.54, 1.807) is 0 Å². The molecule has 182 valence electrons. The third-order valence-electron chi connectivity index (χ3n) is 7.17. The van der Waals surface area contributed by atoms with E-state index in [0.717, 1.165) is 63.1 Å². The predicted octanol–water partition coefficient (Wildman–Crippen LogP) is 4.47. The Morgan fingerprint density at radius 2 is 1.76 bits per heavy atom. The van der Waals surface area contributed by atoms with Gasteiger partial charge in [-0.05, 0) is 68.8 Å². The molecule has 0 N–H and O–H groups in total. The maximum absolute atomic E-state index is 13.2. The van der Waals surface area contributed by atoms with Gasteiger partial charge in [-0.1, -0.05) is 6.42 Å². The molecule has 0 aliphatic carbocycles. The number of hydrogen-bond donors (Lipinski definition) is 0. The molecule has 3 aliphatic heterocycles. The van der Waals surface area contributed by atoms with Crippen LogP contribution >= 0.6 is 0 Å². The molecule has 3 fully saturated rings. The molecule has 34 heavy (non-hydrogen) atoms. The molecule has 4 heterocycles. The number of anilines is 2. The minimum absolute atomic E-state index is 0.408. The maximum Gasteiger partial charge on any atom is 0.416 e. The monoisotopic (exact) mass is 468 g/mol. The Balaban J connectivity index is 1.09. The van der Waals surface area contributed by atoms with Gasteiger partial charge in [0.15, 0.2) is 0 Å². The van der Waals surface area contributed by atoms with Crippen LogP contribution in [-0.4, -0.2) is 67.5 Å². The van der Waals surface area contributed by atoms with Gasteiger partial charge in [0.25, 0.3) is 0 Å². The fraction of sp³-hybridized carbons (Fsp3) is 0.538. The van der Waals surface area contributed by atoms with Crippen LogP contribution in [0.2, 0.25) is 0 Å². The van der Waals surface area contributed by atoms with Crippen LogP contribution in [-0.2, 0) is 4.74 Å². The molecule has 5 rings (SSSR count). The smallest absolute Gasteiger partial charge is 0.416 e. The Hall–Kier alpha value is -2.87. The Morgan fingerprint density at radius 1 is 1.00 bits per heavy atom. The van der Waals surface area contributed by atoms with E-state index in [1.807, 2.05) is 12.1 Å². The van der Waals surface area contributed by atoms with Crippen molar-refractivity contribution in [2.45, 2.75) is 44.1 Å². The summed E-state index contributed by atoms with van der Waals surface area (Å²) in [6.07, 6.45) is 7.27. The van der Waals surface area contributed by atoms with Crippen molar-refractivity contribution in [3.8, 4) is 5.75 Å². The van der Waals surface area contributed by atoms with Crippen molar-refractivity contribution in [1.29, 1.82) is 0 Å². The number of nitrogens with zero attached hydrogens (tertiary/aromatic N) is 4. The number of likely N-dealkylation sites (tertiary alicyclic amines) is 1. The number of hydrogen-bond acceptors (Lipinski definition) is 6. The van der Waals surface area contributed by atoms with Crippen LogP contribution in [0.25, 0.3) is 0 Å². The van der Waals surface area contributed by atoms with Crippen molar-refractivity contribution in [3.63, 3.8) is 0 Å². The number of rotatable bonds is 7. The van der Waals surface area contributed by atoms with Gasteiger partial charge in [0.1, 0.15) is 23.0 Å². The number of benzene rings is 1. The van der Waals surface area contributed by atoms with Gasteiger partial charge in [0, 0.05) is 38.2 Å².